The summed E-state index contributed by atoms with van der Waals surface area (Å²) in [7, 11) is 0. The SMILES string of the molecule is CCCn1nccc1CNc1cc(C)c(Br)c(C)c1. The number of nitrogens with one attached hydrogen (secondary N) is 1. The Labute approximate surface area is 123 Å². The molecule has 0 atom stereocenters. The fraction of sp³-hybridized carbons (Fsp3) is 0.400. The van der Waals surface area contributed by atoms with Crippen LogP contribution in [0.15, 0.2) is 28.9 Å². The average molecular weight is 322 g/mol. The Morgan fingerprint density at radius 3 is 2.58 bits per heavy atom. The number of halogens is 1. The van der Waals surface area contributed by atoms with Crippen molar-refractivity contribution >= 4 is 21.6 Å². The van der Waals surface area contributed by atoms with E-state index in [1.165, 1.54) is 21.3 Å². The average Bonchev–Trinajstić information content (AvgIpc) is 2.81. The van der Waals surface area contributed by atoms with Gasteiger partial charge in [-0.1, -0.05) is 22.9 Å². The molecule has 2 rings (SSSR count). The van der Waals surface area contributed by atoms with Crippen molar-refractivity contribution in [1.82, 2.24) is 9.78 Å². The molecule has 0 bridgehead atoms. The molecule has 1 aromatic carbocycles. The van der Waals surface area contributed by atoms with Crippen LogP contribution in [0.25, 0.3) is 0 Å². The second-order valence-electron chi connectivity index (χ2n) is 4.82. The Morgan fingerprint density at radius 1 is 1.26 bits per heavy atom. The molecular weight excluding hydrogens is 302 g/mol. The molecule has 1 N–H and O–H groups in total. The van der Waals surface area contributed by atoms with Crippen molar-refractivity contribution in [2.24, 2.45) is 0 Å². The van der Waals surface area contributed by atoms with Gasteiger partial charge in [-0.25, -0.2) is 0 Å². The summed E-state index contributed by atoms with van der Waals surface area (Å²) in [6.07, 6.45) is 2.97. The Hall–Kier alpha value is -1.29. The fourth-order valence-corrected chi connectivity index (χ4v) is 2.39. The molecule has 4 heteroatoms. The first-order chi connectivity index (χ1) is 9.11. The number of nitrogens with zero attached hydrogens (tertiary/aromatic N) is 2. The molecule has 0 unspecified atom stereocenters. The van der Waals surface area contributed by atoms with Crippen molar-refractivity contribution < 1.29 is 0 Å². The summed E-state index contributed by atoms with van der Waals surface area (Å²) in [4.78, 5) is 0. The third-order valence-electron chi connectivity index (χ3n) is 3.15. The van der Waals surface area contributed by atoms with Crippen LogP contribution in [-0.4, -0.2) is 9.78 Å². The van der Waals surface area contributed by atoms with Crippen LogP contribution < -0.4 is 5.32 Å². The predicted octanol–water partition coefficient (Wildman–Crippen LogP) is 4.28. The molecule has 2 aromatic rings. The quantitative estimate of drug-likeness (QED) is 0.890. The maximum Gasteiger partial charge on any atom is 0.0575 e. The third-order valence-corrected chi connectivity index (χ3v) is 4.40. The fourth-order valence-electron chi connectivity index (χ4n) is 2.16. The van der Waals surface area contributed by atoms with Crippen molar-refractivity contribution in [1.29, 1.82) is 0 Å². The molecule has 0 fully saturated rings. The minimum Gasteiger partial charge on any atom is -0.379 e. The first-order valence-electron chi connectivity index (χ1n) is 6.63. The van der Waals surface area contributed by atoms with E-state index in [1.807, 2.05) is 6.20 Å². The maximum atomic E-state index is 4.34. The summed E-state index contributed by atoms with van der Waals surface area (Å²) in [6.45, 7) is 8.18. The number of hydrogen-bond acceptors (Lipinski definition) is 2. The van der Waals surface area contributed by atoms with Crippen molar-refractivity contribution in [2.75, 3.05) is 5.32 Å². The van der Waals surface area contributed by atoms with Gasteiger partial charge in [-0.3, -0.25) is 4.68 Å². The lowest BCUT2D eigenvalue weighted by atomic mass is 10.1. The van der Waals surface area contributed by atoms with Gasteiger partial charge in [0.15, 0.2) is 0 Å². The molecule has 0 aliphatic rings. The summed E-state index contributed by atoms with van der Waals surface area (Å²) in [5.41, 5.74) is 4.89. The molecule has 3 nitrogen and oxygen atoms in total. The van der Waals surface area contributed by atoms with E-state index < -0.39 is 0 Å². The van der Waals surface area contributed by atoms with E-state index in [2.05, 4.69) is 70.0 Å². The molecule has 0 radical (unpaired) electrons. The zero-order valence-corrected chi connectivity index (χ0v) is 13.3. The molecule has 0 saturated heterocycles. The van der Waals surface area contributed by atoms with Crippen LogP contribution in [0.5, 0.6) is 0 Å². The Bertz CT molecular complexity index is 537. The lowest BCUT2D eigenvalue weighted by Crippen LogP contribution is -2.09. The number of benzene rings is 1. The summed E-state index contributed by atoms with van der Waals surface area (Å²) in [5.74, 6) is 0. The largest absolute Gasteiger partial charge is 0.379 e. The number of anilines is 1. The van der Waals surface area contributed by atoms with E-state index in [0.717, 1.165) is 25.2 Å². The Morgan fingerprint density at radius 2 is 1.95 bits per heavy atom. The lowest BCUT2D eigenvalue weighted by Gasteiger charge is -2.11. The van der Waals surface area contributed by atoms with Gasteiger partial charge in [0, 0.05) is 22.9 Å². The van der Waals surface area contributed by atoms with Gasteiger partial charge in [0.1, 0.15) is 0 Å². The van der Waals surface area contributed by atoms with Gasteiger partial charge in [-0.05, 0) is 49.6 Å². The molecule has 102 valence electrons. The highest BCUT2D eigenvalue weighted by Crippen LogP contribution is 2.25. The molecule has 0 aliphatic carbocycles. The van der Waals surface area contributed by atoms with Crippen LogP contribution in [-0.2, 0) is 13.1 Å². The van der Waals surface area contributed by atoms with Gasteiger partial charge >= 0.3 is 0 Å². The first kappa shape index (κ1) is 14.1. The number of rotatable bonds is 5. The second kappa shape index (κ2) is 6.24. The monoisotopic (exact) mass is 321 g/mol. The van der Waals surface area contributed by atoms with Crippen LogP contribution in [0.2, 0.25) is 0 Å². The summed E-state index contributed by atoms with van der Waals surface area (Å²) < 4.78 is 3.25. The summed E-state index contributed by atoms with van der Waals surface area (Å²) in [5, 5.41) is 7.81. The highest BCUT2D eigenvalue weighted by atomic mass is 79.9. The molecule has 0 saturated carbocycles. The predicted molar refractivity (Wildman–Crippen MR) is 83.5 cm³/mol. The zero-order valence-electron chi connectivity index (χ0n) is 11.7. The van der Waals surface area contributed by atoms with E-state index >= 15 is 0 Å². The van der Waals surface area contributed by atoms with Crippen molar-refractivity contribution in [3.05, 3.63) is 45.7 Å². The zero-order chi connectivity index (χ0) is 13.8. The third kappa shape index (κ3) is 3.38. The summed E-state index contributed by atoms with van der Waals surface area (Å²) >= 11 is 3.59. The van der Waals surface area contributed by atoms with Crippen LogP contribution in [0, 0.1) is 13.8 Å². The topological polar surface area (TPSA) is 29.9 Å². The second-order valence-corrected chi connectivity index (χ2v) is 5.62. The molecular formula is C15H20BrN3. The molecule has 1 aromatic heterocycles. The number of aromatic nitrogens is 2. The minimum absolute atomic E-state index is 0.806. The minimum atomic E-state index is 0.806. The van der Waals surface area contributed by atoms with Crippen LogP contribution in [0.3, 0.4) is 0 Å². The van der Waals surface area contributed by atoms with E-state index in [0.29, 0.717) is 0 Å². The molecule has 0 spiro atoms. The number of hydrogen-bond donors (Lipinski definition) is 1. The standard InChI is InChI=1S/C15H20BrN3/c1-4-7-19-14(5-6-18-19)10-17-13-8-11(2)15(16)12(3)9-13/h5-6,8-9,17H,4,7,10H2,1-3H3. The molecule has 1 heterocycles. The van der Waals surface area contributed by atoms with Gasteiger partial charge in [-0.15, -0.1) is 0 Å². The summed E-state index contributed by atoms with van der Waals surface area (Å²) in [6, 6.07) is 6.40. The molecule has 0 aliphatic heterocycles. The van der Waals surface area contributed by atoms with Gasteiger partial charge in [-0.2, -0.15) is 5.10 Å². The van der Waals surface area contributed by atoms with E-state index in [4.69, 9.17) is 0 Å². The van der Waals surface area contributed by atoms with Gasteiger partial charge in [0.25, 0.3) is 0 Å². The normalized spacial score (nSPS) is 10.7. The number of aryl methyl sites for hydroxylation is 3. The smallest absolute Gasteiger partial charge is 0.0575 e. The van der Waals surface area contributed by atoms with E-state index in [9.17, 15) is 0 Å². The lowest BCUT2D eigenvalue weighted by molar-refractivity contribution is 0.578. The van der Waals surface area contributed by atoms with Crippen molar-refractivity contribution in [2.45, 2.75) is 40.3 Å². The van der Waals surface area contributed by atoms with Gasteiger partial charge < -0.3 is 5.32 Å². The van der Waals surface area contributed by atoms with E-state index in [-0.39, 0.29) is 0 Å². The molecule has 19 heavy (non-hydrogen) atoms. The highest BCUT2D eigenvalue weighted by molar-refractivity contribution is 9.10. The van der Waals surface area contributed by atoms with Crippen LogP contribution in [0.4, 0.5) is 5.69 Å². The van der Waals surface area contributed by atoms with Gasteiger partial charge in [0.2, 0.25) is 0 Å². The Balaban J connectivity index is 2.08. The van der Waals surface area contributed by atoms with Crippen molar-refractivity contribution in [3.8, 4) is 0 Å². The maximum absolute atomic E-state index is 4.34. The van der Waals surface area contributed by atoms with E-state index in [1.54, 1.807) is 0 Å². The first-order valence-corrected chi connectivity index (χ1v) is 7.42. The molecule has 0 amide bonds. The van der Waals surface area contributed by atoms with Crippen LogP contribution >= 0.6 is 15.9 Å². The Kier molecular flexibility index (Phi) is 4.64. The van der Waals surface area contributed by atoms with Crippen molar-refractivity contribution in [3.63, 3.8) is 0 Å². The van der Waals surface area contributed by atoms with Gasteiger partial charge in [0.05, 0.1) is 12.2 Å². The van der Waals surface area contributed by atoms with Crippen LogP contribution in [0.1, 0.15) is 30.2 Å². The highest BCUT2D eigenvalue weighted by Gasteiger charge is 2.04.